The van der Waals surface area contributed by atoms with Crippen LogP contribution in [-0.4, -0.2) is 22.2 Å². The average molecular weight is 247 g/mol. The fourth-order valence-corrected chi connectivity index (χ4v) is 0.891. The van der Waals surface area contributed by atoms with Gasteiger partial charge >= 0.3 is 11.9 Å². The molecule has 0 saturated carbocycles. The standard InChI is InChI=1S/C8H7NO4.Zn/c9-6-3-4(7(10)11)1-2-5(6)8(12)13;/h1-3H,9H2,(H,10,11)(H,12,13);. The number of nitrogens with two attached hydrogens (primary N) is 1. The van der Waals surface area contributed by atoms with Gasteiger partial charge in [-0.1, -0.05) is 0 Å². The molecule has 1 aromatic carbocycles. The predicted molar refractivity (Wildman–Crippen MR) is 44.8 cm³/mol. The van der Waals surface area contributed by atoms with Gasteiger partial charge in [-0.25, -0.2) is 9.59 Å². The van der Waals surface area contributed by atoms with Gasteiger partial charge in [0.25, 0.3) is 0 Å². The molecule has 0 spiro atoms. The van der Waals surface area contributed by atoms with Gasteiger partial charge in [0.2, 0.25) is 0 Å². The molecule has 0 saturated heterocycles. The summed E-state index contributed by atoms with van der Waals surface area (Å²) in [6, 6.07) is 3.48. The maximum absolute atomic E-state index is 10.5. The summed E-state index contributed by atoms with van der Waals surface area (Å²) in [5.74, 6) is -2.31. The van der Waals surface area contributed by atoms with E-state index in [0.29, 0.717) is 0 Å². The summed E-state index contributed by atoms with van der Waals surface area (Å²) in [6.07, 6.45) is 0. The molecule has 0 aliphatic rings. The predicted octanol–water partition coefficient (Wildman–Crippen LogP) is 0.663. The van der Waals surface area contributed by atoms with Gasteiger partial charge in [-0.2, -0.15) is 0 Å². The van der Waals surface area contributed by atoms with E-state index in [0.717, 1.165) is 6.07 Å². The summed E-state index contributed by atoms with van der Waals surface area (Å²) in [5, 5.41) is 17.1. The maximum atomic E-state index is 10.5. The van der Waals surface area contributed by atoms with Crippen molar-refractivity contribution in [3.05, 3.63) is 29.3 Å². The quantitative estimate of drug-likeness (QED) is 0.526. The minimum Gasteiger partial charge on any atom is -0.478 e. The topological polar surface area (TPSA) is 101 Å². The Bertz CT molecular complexity index is 378. The molecule has 70 valence electrons. The molecule has 0 unspecified atom stereocenters. The van der Waals surface area contributed by atoms with Gasteiger partial charge in [0.15, 0.2) is 0 Å². The fraction of sp³-hybridized carbons (Fsp3) is 0. The van der Waals surface area contributed by atoms with Crippen LogP contribution in [0.2, 0.25) is 0 Å². The third-order valence-electron chi connectivity index (χ3n) is 1.53. The average Bonchev–Trinajstić information content (AvgIpc) is 2.03. The molecule has 14 heavy (non-hydrogen) atoms. The number of hydrogen-bond donors (Lipinski definition) is 3. The normalized spacial score (nSPS) is 8.86. The van der Waals surface area contributed by atoms with Crippen LogP contribution in [0.1, 0.15) is 20.7 Å². The van der Waals surface area contributed by atoms with Crippen LogP contribution in [0.3, 0.4) is 0 Å². The number of carbonyl (C=O) groups is 2. The van der Waals surface area contributed by atoms with Crippen molar-refractivity contribution in [3.8, 4) is 0 Å². The van der Waals surface area contributed by atoms with Crippen LogP contribution < -0.4 is 5.73 Å². The van der Waals surface area contributed by atoms with Crippen LogP contribution in [0.15, 0.2) is 18.2 Å². The van der Waals surface area contributed by atoms with Crippen LogP contribution in [0, 0.1) is 0 Å². The van der Waals surface area contributed by atoms with E-state index in [1.54, 1.807) is 0 Å². The van der Waals surface area contributed by atoms with Crippen molar-refractivity contribution in [2.75, 3.05) is 5.73 Å². The van der Waals surface area contributed by atoms with Crippen LogP contribution in [0.5, 0.6) is 0 Å². The van der Waals surface area contributed by atoms with E-state index in [4.69, 9.17) is 15.9 Å². The van der Waals surface area contributed by atoms with Gasteiger partial charge in [0, 0.05) is 25.2 Å². The van der Waals surface area contributed by atoms with Crippen molar-refractivity contribution in [2.45, 2.75) is 0 Å². The van der Waals surface area contributed by atoms with Crippen LogP contribution >= 0.6 is 0 Å². The van der Waals surface area contributed by atoms with Gasteiger partial charge in [-0.05, 0) is 18.2 Å². The molecule has 5 nitrogen and oxygen atoms in total. The van der Waals surface area contributed by atoms with E-state index >= 15 is 0 Å². The molecule has 1 rings (SSSR count). The monoisotopic (exact) mass is 245 g/mol. The molecule has 4 N–H and O–H groups in total. The minimum absolute atomic E-state index is 0. The molecule has 0 fully saturated rings. The van der Waals surface area contributed by atoms with E-state index in [-0.39, 0.29) is 36.3 Å². The van der Waals surface area contributed by atoms with Crippen molar-refractivity contribution < 1.29 is 39.3 Å². The first-order chi connectivity index (χ1) is 6.02. The van der Waals surface area contributed by atoms with Gasteiger partial charge in [-0.15, -0.1) is 0 Å². The van der Waals surface area contributed by atoms with Gasteiger partial charge in [0.05, 0.1) is 11.1 Å². The molecule has 0 heterocycles. The molecule has 0 atom stereocenters. The SMILES string of the molecule is Nc1cc(C(=O)O)ccc1C(=O)O.[Zn]. The second kappa shape index (κ2) is 4.72. The zero-order chi connectivity index (χ0) is 10.0. The van der Waals surface area contributed by atoms with E-state index < -0.39 is 11.9 Å². The molecule has 0 radical (unpaired) electrons. The molecule has 1 aromatic rings. The smallest absolute Gasteiger partial charge is 0.337 e. The number of carboxylic acids is 2. The van der Waals surface area contributed by atoms with Crippen molar-refractivity contribution >= 4 is 17.6 Å². The van der Waals surface area contributed by atoms with E-state index in [1.165, 1.54) is 12.1 Å². The van der Waals surface area contributed by atoms with E-state index in [2.05, 4.69) is 0 Å². The molecule has 0 amide bonds. The third kappa shape index (κ3) is 2.53. The fourth-order valence-electron chi connectivity index (χ4n) is 0.891. The van der Waals surface area contributed by atoms with Crippen molar-refractivity contribution in [1.29, 1.82) is 0 Å². The number of carboxylic acid groups (broad SMARTS) is 2. The van der Waals surface area contributed by atoms with Gasteiger partial charge in [0.1, 0.15) is 0 Å². The Kier molecular flexibility index (Phi) is 4.24. The first-order valence-corrected chi connectivity index (χ1v) is 3.38. The molecule has 0 aliphatic heterocycles. The molecule has 0 bridgehead atoms. The molecular weight excluding hydrogens is 239 g/mol. The zero-order valence-corrected chi connectivity index (χ0v) is 10.2. The number of nitrogen functional groups attached to an aromatic ring is 1. The largest absolute Gasteiger partial charge is 0.478 e. The van der Waals surface area contributed by atoms with Crippen molar-refractivity contribution in [2.24, 2.45) is 0 Å². The third-order valence-corrected chi connectivity index (χ3v) is 1.53. The summed E-state index contributed by atoms with van der Waals surface area (Å²) >= 11 is 0. The van der Waals surface area contributed by atoms with E-state index in [9.17, 15) is 9.59 Å². The summed E-state index contributed by atoms with van der Waals surface area (Å²) < 4.78 is 0. The Hall–Kier alpha value is -1.42. The summed E-state index contributed by atoms with van der Waals surface area (Å²) in [5.41, 5.74) is 5.15. The van der Waals surface area contributed by atoms with Crippen molar-refractivity contribution in [3.63, 3.8) is 0 Å². The molecule has 6 heteroatoms. The number of anilines is 1. The van der Waals surface area contributed by atoms with E-state index in [1.807, 2.05) is 0 Å². The Morgan fingerprint density at radius 2 is 1.71 bits per heavy atom. The van der Waals surface area contributed by atoms with Crippen LogP contribution in [0.25, 0.3) is 0 Å². The number of hydrogen-bond acceptors (Lipinski definition) is 3. The first kappa shape index (κ1) is 12.6. The molecule has 0 aromatic heterocycles. The maximum Gasteiger partial charge on any atom is 0.337 e. The van der Waals surface area contributed by atoms with Gasteiger partial charge in [-0.3, -0.25) is 0 Å². The summed E-state index contributed by atoms with van der Waals surface area (Å²) in [6.45, 7) is 0. The first-order valence-electron chi connectivity index (χ1n) is 3.38. The zero-order valence-electron chi connectivity index (χ0n) is 7.23. The molecular formula is C8H7NO4Zn. The van der Waals surface area contributed by atoms with Crippen LogP contribution in [0.4, 0.5) is 5.69 Å². The second-order valence-electron chi connectivity index (χ2n) is 2.41. The Labute approximate surface area is 92.3 Å². The van der Waals surface area contributed by atoms with Gasteiger partial charge < -0.3 is 15.9 Å². The Balaban J connectivity index is 0.00000169. The summed E-state index contributed by atoms with van der Waals surface area (Å²) in [7, 11) is 0. The van der Waals surface area contributed by atoms with Crippen molar-refractivity contribution in [1.82, 2.24) is 0 Å². The number of rotatable bonds is 2. The van der Waals surface area contributed by atoms with Crippen LogP contribution in [-0.2, 0) is 19.5 Å². The number of aromatic carboxylic acids is 2. The Morgan fingerprint density at radius 1 is 1.14 bits per heavy atom. The second-order valence-corrected chi connectivity index (χ2v) is 2.41. The molecule has 0 aliphatic carbocycles. The Morgan fingerprint density at radius 3 is 2.07 bits per heavy atom. The minimum atomic E-state index is -1.17. The number of benzene rings is 1. The summed E-state index contributed by atoms with van der Waals surface area (Å²) in [4.78, 5) is 20.9.